The Hall–Kier alpha value is -0.610. The van der Waals surface area contributed by atoms with Crippen LogP contribution in [0.25, 0.3) is 0 Å². The van der Waals surface area contributed by atoms with Gasteiger partial charge in [-0.15, -0.1) is 11.3 Å². The number of nitrogens with one attached hydrogen (secondary N) is 1. The number of hydrogen-bond donors (Lipinski definition) is 1. The standard InChI is InChI=1S/C13H21N3S/c1-3-14-10-6-11-4-5-12(7-10)16(11)13-15-9(2)8-17-13/h8,10-12,14H,3-7H2,1-2H3. The molecule has 2 aliphatic rings. The lowest BCUT2D eigenvalue weighted by atomic mass is 9.98. The first-order chi connectivity index (χ1) is 8.28. The minimum absolute atomic E-state index is 0.725. The Balaban J connectivity index is 1.76. The van der Waals surface area contributed by atoms with E-state index in [1.165, 1.54) is 36.5 Å². The van der Waals surface area contributed by atoms with Crippen molar-refractivity contribution >= 4 is 16.5 Å². The van der Waals surface area contributed by atoms with Crippen molar-refractivity contribution in [2.45, 2.75) is 57.7 Å². The quantitative estimate of drug-likeness (QED) is 0.895. The number of anilines is 1. The Bertz CT molecular complexity index is 376. The van der Waals surface area contributed by atoms with Gasteiger partial charge in [-0.2, -0.15) is 0 Å². The van der Waals surface area contributed by atoms with E-state index in [1.54, 1.807) is 0 Å². The van der Waals surface area contributed by atoms with Crippen molar-refractivity contribution in [2.24, 2.45) is 0 Å². The number of thiazole rings is 1. The Labute approximate surface area is 107 Å². The molecule has 2 bridgehead atoms. The molecular formula is C13H21N3S. The lowest BCUT2D eigenvalue weighted by Crippen LogP contribution is -2.49. The normalized spacial score (nSPS) is 32.1. The summed E-state index contributed by atoms with van der Waals surface area (Å²) in [6.45, 7) is 5.40. The molecule has 1 aromatic heterocycles. The number of rotatable bonds is 3. The predicted molar refractivity (Wildman–Crippen MR) is 72.8 cm³/mol. The number of nitrogens with zero attached hydrogens (tertiary/aromatic N) is 2. The maximum absolute atomic E-state index is 4.67. The van der Waals surface area contributed by atoms with Gasteiger partial charge in [-0.25, -0.2) is 4.98 Å². The van der Waals surface area contributed by atoms with Crippen LogP contribution in [0.15, 0.2) is 5.38 Å². The van der Waals surface area contributed by atoms with Gasteiger partial charge in [0.1, 0.15) is 0 Å². The van der Waals surface area contributed by atoms with Gasteiger partial charge >= 0.3 is 0 Å². The topological polar surface area (TPSA) is 28.2 Å². The van der Waals surface area contributed by atoms with Gasteiger partial charge in [0.25, 0.3) is 0 Å². The predicted octanol–water partition coefficient (Wildman–Crippen LogP) is 2.56. The maximum atomic E-state index is 4.67. The first-order valence-electron chi connectivity index (χ1n) is 6.71. The molecule has 1 aromatic rings. The van der Waals surface area contributed by atoms with Crippen molar-refractivity contribution in [3.63, 3.8) is 0 Å². The fourth-order valence-electron chi connectivity index (χ4n) is 3.40. The second-order valence-electron chi connectivity index (χ2n) is 5.29. The first kappa shape index (κ1) is 11.5. The highest BCUT2D eigenvalue weighted by molar-refractivity contribution is 7.13. The van der Waals surface area contributed by atoms with Crippen LogP contribution in [-0.4, -0.2) is 29.7 Å². The monoisotopic (exact) mass is 251 g/mol. The molecule has 94 valence electrons. The Kier molecular flexibility index (Phi) is 3.09. The third-order valence-electron chi connectivity index (χ3n) is 4.05. The number of hydrogen-bond acceptors (Lipinski definition) is 4. The fourth-order valence-corrected chi connectivity index (χ4v) is 4.35. The number of fused-ring (bicyclic) bond motifs is 2. The van der Waals surface area contributed by atoms with Crippen molar-refractivity contribution in [2.75, 3.05) is 11.4 Å². The molecule has 2 unspecified atom stereocenters. The summed E-state index contributed by atoms with van der Waals surface area (Å²) in [5, 5.41) is 7.05. The average molecular weight is 251 g/mol. The van der Waals surface area contributed by atoms with Crippen LogP contribution < -0.4 is 10.2 Å². The van der Waals surface area contributed by atoms with Gasteiger partial charge in [0.05, 0.1) is 5.69 Å². The van der Waals surface area contributed by atoms with Crippen LogP contribution >= 0.6 is 11.3 Å². The van der Waals surface area contributed by atoms with E-state index in [0.717, 1.165) is 24.7 Å². The minimum atomic E-state index is 0.725. The van der Waals surface area contributed by atoms with Crippen LogP contribution in [0.5, 0.6) is 0 Å². The second-order valence-corrected chi connectivity index (χ2v) is 6.13. The summed E-state index contributed by atoms with van der Waals surface area (Å²) >= 11 is 1.81. The van der Waals surface area contributed by atoms with Crippen LogP contribution in [-0.2, 0) is 0 Å². The summed E-state index contributed by atoms with van der Waals surface area (Å²) in [6.07, 6.45) is 5.29. The molecule has 2 saturated heterocycles. The van der Waals surface area contributed by atoms with Crippen molar-refractivity contribution in [3.05, 3.63) is 11.1 Å². The van der Waals surface area contributed by atoms with E-state index in [-0.39, 0.29) is 0 Å². The largest absolute Gasteiger partial charge is 0.342 e. The van der Waals surface area contributed by atoms with Crippen molar-refractivity contribution in [1.29, 1.82) is 0 Å². The average Bonchev–Trinajstić information content (AvgIpc) is 2.81. The van der Waals surface area contributed by atoms with E-state index in [2.05, 4.69) is 34.4 Å². The third-order valence-corrected chi connectivity index (χ3v) is 5.03. The molecule has 2 aliphatic heterocycles. The summed E-state index contributed by atoms with van der Waals surface area (Å²) < 4.78 is 0. The van der Waals surface area contributed by atoms with Crippen LogP contribution in [0.4, 0.5) is 5.13 Å². The third kappa shape index (κ3) is 2.08. The Morgan fingerprint density at radius 3 is 2.65 bits per heavy atom. The highest BCUT2D eigenvalue weighted by Gasteiger charge is 2.41. The van der Waals surface area contributed by atoms with Crippen molar-refractivity contribution in [1.82, 2.24) is 10.3 Å². The van der Waals surface area contributed by atoms with Crippen LogP contribution in [0.1, 0.15) is 38.3 Å². The summed E-state index contributed by atoms with van der Waals surface area (Å²) in [5.74, 6) is 0. The molecule has 0 aromatic carbocycles. The molecule has 4 heteroatoms. The number of aromatic nitrogens is 1. The zero-order chi connectivity index (χ0) is 11.8. The highest BCUT2D eigenvalue weighted by atomic mass is 32.1. The smallest absolute Gasteiger partial charge is 0.185 e. The molecule has 17 heavy (non-hydrogen) atoms. The van der Waals surface area contributed by atoms with Gasteiger partial charge < -0.3 is 10.2 Å². The molecule has 2 atom stereocenters. The van der Waals surface area contributed by atoms with E-state index < -0.39 is 0 Å². The lowest BCUT2D eigenvalue weighted by Gasteiger charge is -2.39. The van der Waals surface area contributed by atoms with E-state index in [4.69, 9.17) is 0 Å². The molecule has 3 nitrogen and oxygen atoms in total. The maximum Gasteiger partial charge on any atom is 0.185 e. The molecule has 1 N–H and O–H groups in total. The number of piperidine rings is 1. The molecule has 0 spiro atoms. The van der Waals surface area contributed by atoms with E-state index >= 15 is 0 Å². The molecule has 3 heterocycles. The van der Waals surface area contributed by atoms with Crippen LogP contribution in [0.2, 0.25) is 0 Å². The summed E-state index contributed by atoms with van der Waals surface area (Å²) in [6, 6.07) is 2.18. The SMILES string of the molecule is CCNC1CC2CCC(C1)N2c1nc(C)cs1. The van der Waals surface area contributed by atoms with Crippen molar-refractivity contribution < 1.29 is 0 Å². The molecule has 0 radical (unpaired) electrons. The molecule has 3 rings (SSSR count). The van der Waals surface area contributed by atoms with Gasteiger partial charge in [-0.3, -0.25) is 0 Å². The van der Waals surface area contributed by atoms with Crippen LogP contribution in [0, 0.1) is 6.92 Å². The molecule has 0 amide bonds. The summed E-state index contributed by atoms with van der Waals surface area (Å²) in [4.78, 5) is 7.27. The second kappa shape index (κ2) is 4.58. The molecular weight excluding hydrogens is 230 g/mol. The Morgan fingerprint density at radius 2 is 2.12 bits per heavy atom. The molecule has 0 saturated carbocycles. The first-order valence-corrected chi connectivity index (χ1v) is 7.59. The zero-order valence-corrected chi connectivity index (χ0v) is 11.5. The van der Waals surface area contributed by atoms with Gasteiger partial charge in [-0.05, 0) is 39.2 Å². The van der Waals surface area contributed by atoms with Gasteiger partial charge in [0, 0.05) is 23.5 Å². The van der Waals surface area contributed by atoms with Gasteiger partial charge in [0.2, 0.25) is 0 Å². The van der Waals surface area contributed by atoms with Crippen LogP contribution in [0.3, 0.4) is 0 Å². The molecule has 0 aliphatic carbocycles. The highest BCUT2D eigenvalue weighted by Crippen LogP contribution is 2.40. The van der Waals surface area contributed by atoms with Gasteiger partial charge in [0.15, 0.2) is 5.13 Å². The van der Waals surface area contributed by atoms with E-state index in [0.29, 0.717) is 0 Å². The summed E-state index contributed by atoms with van der Waals surface area (Å²) in [7, 11) is 0. The number of aryl methyl sites for hydroxylation is 1. The van der Waals surface area contributed by atoms with E-state index in [9.17, 15) is 0 Å². The minimum Gasteiger partial charge on any atom is -0.342 e. The zero-order valence-electron chi connectivity index (χ0n) is 10.6. The fraction of sp³-hybridized carbons (Fsp3) is 0.769. The Morgan fingerprint density at radius 1 is 1.41 bits per heavy atom. The summed E-state index contributed by atoms with van der Waals surface area (Å²) in [5.41, 5.74) is 1.17. The van der Waals surface area contributed by atoms with Crippen molar-refractivity contribution in [3.8, 4) is 0 Å². The molecule has 2 fully saturated rings. The van der Waals surface area contributed by atoms with E-state index in [1.807, 2.05) is 11.3 Å². The van der Waals surface area contributed by atoms with Gasteiger partial charge in [-0.1, -0.05) is 6.92 Å². The lowest BCUT2D eigenvalue weighted by molar-refractivity contribution is 0.361.